The van der Waals surface area contributed by atoms with Crippen molar-refractivity contribution < 1.29 is 19.4 Å². The summed E-state index contributed by atoms with van der Waals surface area (Å²) >= 11 is 0. The molecule has 0 spiro atoms. The minimum atomic E-state index is -0.939. The van der Waals surface area contributed by atoms with E-state index in [-0.39, 0.29) is 11.7 Å². The van der Waals surface area contributed by atoms with E-state index < -0.39 is 5.97 Å². The lowest BCUT2D eigenvalue weighted by atomic mass is 10.2. The molecule has 0 radical (unpaired) electrons. The SMILES string of the molecule is CC1CN(CCOc2cccc(C(=O)O)c2)C(C)CO1. The molecule has 0 bridgehead atoms. The summed E-state index contributed by atoms with van der Waals surface area (Å²) in [4.78, 5) is 13.2. The zero-order chi connectivity index (χ0) is 14.5. The van der Waals surface area contributed by atoms with Crippen molar-refractivity contribution in [3.8, 4) is 5.75 Å². The van der Waals surface area contributed by atoms with Crippen LogP contribution in [0.5, 0.6) is 5.75 Å². The topological polar surface area (TPSA) is 59.0 Å². The van der Waals surface area contributed by atoms with Crippen molar-refractivity contribution in [3.05, 3.63) is 29.8 Å². The molecule has 1 aliphatic rings. The van der Waals surface area contributed by atoms with Gasteiger partial charge in [0.2, 0.25) is 0 Å². The molecule has 0 saturated carbocycles. The summed E-state index contributed by atoms with van der Waals surface area (Å²) in [5, 5.41) is 8.92. The third-order valence-corrected chi connectivity index (χ3v) is 3.47. The van der Waals surface area contributed by atoms with E-state index in [0.717, 1.165) is 19.7 Å². The van der Waals surface area contributed by atoms with E-state index in [2.05, 4.69) is 18.7 Å². The number of ether oxygens (including phenoxy) is 2. The standard InChI is InChI=1S/C15H21NO4/c1-11-10-20-12(2)9-16(11)6-7-19-14-5-3-4-13(8-14)15(17)18/h3-5,8,11-12H,6-7,9-10H2,1-2H3,(H,17,18). The Morgan fingerprint density at radius 1 is 1.50 bits per heavy atom. The van der Waals surface area contributed by atoms with Crippen molar-refractivity contribution in [3.63, 3.8) is 0 Å². The van der Waals surface area contributed by atoms with Crippen molar-refractivity contribution in [1.29, 1.82) is 0 Å². The third kappa shape index (κ3) is 3.95. The van der Waals surface area contributed by atoms with Crippen molar-refractivity contribution in [2.75, 3.05) is 26.3 Å². The molecule has 110 valence electrons. The van der Waals surface area contributed by atoms with Crippen LogP contribution >= 0.6 is 0 Å². The molecule has 2 rings (SSSR count). The van der Waals surface area contributed by atoms with Crippen LogP contribution in [-0.2, 0) is 4.74 Å². The number of aromatic carboxylic acids is 1. The van der Waals surface area contributed by atoms with Gasteiger partial charge in [-0.05, 0) is 32.0 Å². The van der Waals surface area contributed by atoms with Gasteiger partial charge in [0.05, 0.1) is 18.3 Å². The predicted molar refractivity (Wildman–Crippen MR) is 75.3 cm³/mol. The molecule has 1 aromatic rings. The van der Waals surface area contributed by atoms with Crippen LogP contribution < -0.4 is 4.74 Å². The van der Waals surface area contributed by atoms with E-state index in [1.54, 1.807) is 24.3 Å². The second kappa shape index (κ2) is 6.72. The van der Waals surface area contributed by atoms with Crippen molar-refractivity contribution in [1.82, 2.24) is 4.90 Å². The first kappa shape index (κ1) is 14.8. The fourth-order valence-electron chi connectivity index (χ4n) is 2.28. The van der Waals surface area contributed by atoms with E-state index in [1.807, 2.05) is 0 Å². The monoisotopic (exact) mass is 279 g/mol. The summed E-state index contributed by atoms with van der Waals surface area (Å²) < 4.78 is 11.2. The van der Waals surface area contributed by atoms with Crippen LogP contribution in [0.15, 0.2) is 24.3 Å². The largest absolute Gasteiger partial charge is 0.492 e. The molecular formula is C15H21NO4. The second-order valence-electron chi connectivity index (χ2n) is 5.17. The Morgan fingerprint density at radius 3 is 3.05 bits per heavy atom. The van der Waals surface area contributed by atoms with Gasteiger partial charge >= 0.3 is 5.97 Å². The molecule has 0 amide bonds. The Kier molecular flexibility index (Phi) is 4.98. The van der Waals surface area contributed by atoms with Crippen LogP contribution in [0.3, 0.4) is 0 Å². The van der Waals surface area contributed by atoms with Gasteiger partial charge in [0.25, 0.3) is 0 Å². The lowest BCUT2D eigenvalue weighted by molar-refractivity contribution is -0.0522. The van der Waals surface area contributed by atoms with E-state index in [1.165, 1.54) is 0 Å². The van der Waals surface area contributed by atoms with Crippen LogP contribution in [0.4, 0.5) is 0 Å². The third-order valence-electron chi connectivity index (χ3n) is 3.47. The minimum Gasteiger partial charge on any atom is -0.492 e. The lowest BCUT2D eigenvalue weighted by Gasteiger charge is -2.36. The molecule has 1 aromatic carbocycles. The number of hydrogen-bond donors (Lipinski definition) is 1. The van der Waals surface area contributed by atoms with E-state index in [0.29, 0.717) is 18.4 Å². The maximum Gasteiger partial charge on any atom is 0.335 e. The quantitative estimate of drug-likeness (QED) is 0.891. The first-order valence-corrected chi connectivity index (χ1v) is 6.88. The molecule has 0 aliphatic carbocycles. The summed E-state index contributed by atoms with van der Waals surface area (Å²) in [6, 6.07) is 6.96. The highest BCUT2D eigenvalue weighted by Gasteiger charge is 2.22. The van der Waals surface area contributed by atoms with E-state index in [4.69, 9.17) is 14.6 Å². The Labute approximate surface area is 119 Å². The summed E-state index contributed by atoms with van der Waals surface area (Å²) in [5.41, 5.74) is 0.246. The highest BCUT2D eigenvalue weighted by atomic mass is 16.5. The fraction of sp³-hybridized carbons (Fsp3) is 0.533. The van der Waals surface area contributed by atoms with Crippen molar-refractivity contribution in [2.24, 2.45) is 0 Å². The number of carboxylic acid groups (broad SMARTS) is 1. The molecular weight excluding hydrogens is 258 g/mol. The fourth-order valence-corrected chi connectivity index (χ4v) is 2.28. The van der Waals surface area contributed by atoms with Crippen LogP contribution in [0.1, 0.15) is 24.2 Å². The second-order valence-corrected chi connectivity index (χ2v) is 5.17. The number of nitrogens with zero attached hydrogens (tertiary/aromatic N) is 1. The van der Waals surface area contributed by atoms with Gasteiger partial charge < -0.3 is 14.6 Å². The number of rotatable bonds is 5. The molecule has 1 saturated heterocycles. The van der Waals surface area contributed by atoms with Gasteiger partial charge in [-0.3, -0.25) is 4.90 Å². The molecule has 0 aromatic heterocycles. The average Bonchev–Trinajstić information content (AvgIpc) is 2.43. The molecule has 1 aliphatic heterocycles. The van der Waals surface area contributed by atoms with Crippen molar-refractivity contribution in [2.45, 2.75) is 26.0 Å². The zero-order valence-electron chi connectivity index (χ0n) is 11.9. The molecule has 1 heterocycles. The summed E-state index contributed by atoms with van der Waals surface area (Å²) in [5.74, 6) is -0.343. The van der Waals surface area contributed by atoms with E-state index >= 15 is 0 Å². The summed E-state index contributed by atoms with van der Waals surface area (Å²) in [6.07, 6.45) is 0.251. The van der Waals surface area contributed by atoms with Gasteiger partial charge in [-0.25, -0.2) is 4.79 Å². The van der Waals surface area contributed by atoms with E-state index in [9.17, 15) is 4.79 Å². The molecule has 20 heavy (non-hydrogen) atoms. The molecule has 5 heteroatoms. The highest BCUT2D eigenvalue weighted by Crippen LogP contribution is 2.14. The van der Waals surface area contributed by atoms with Gasteiger partial charge in [0.1, 0.15) is 12.4 Å². The first-order chi connectivity index (χ1) is 9.56. The van der Waals surface area contributed by atoms with Crippen molar-refractivity contribution >= 4 is 5.97 Å². The number of benzene rings is 1. The molecule has 1 fully saturated rings. The van der Waals surface area contributed by atoms with Gasteiger partial charge in [0, 0.05) is 19.1 Å². The molecule has 5 nitrogen and oxygen atoms in total. The Bertz CT molecular complexity index is 463. The lowest BCUT2D eigenvalue weighted by Crippen LogP contribution is -2.48. The van der Waals surface area contributed by atoms with Gasteiger partial charge in [-0.15, -0.1) is 0 Å². The van der Waals surface area contributed by atoms with Gasteiger partial charge in [0.15, 0.2) is 0 Å². The van der Waals surface area contributed by atoms with Crippen LogP contribution in [0, 0.1) is 0 Å². The Hall–Kier alpha value is -1.59. The summed E-state index contributed by atoms with van der Waals surface area (Å²) in [6.45, 7) is 7.20. The molecule has 2 unspecified atom stereocenters. The number of carboxylic acids is 1. The zero-order valence-corrected chi connectivity index (χ0v) is 11.9. The maximum absolute atomic E-state index is 10.9. The highest BCUT2D eigenvalue weighted by molar-refractivity contribution is 5.87. The van der Waals surface area contributed by atoms with Crippen LogP contribution in [0.25, 0.3) is 0 Å². The van der Waals surface area contributed by atoms with Crippen LogP contribution in [-0.4, -0.2) is 54.4 Å². The molecule has 1 N–H and O–H groups in total. The average molecular weight is 279 g/mol. The number of carbonyl (C=O) groups is 1. The molecule has 2 atom stereocenters. The first-order valence-electron chi connectivity index (χ1n) is 6.88. The predicted octanol–water partition coefficient (Wildman–Crippen LogP) is 1.87. The van der Waals surface area contributed by atoms with Gasteiger partial charge in [-0.2, -0.15) is 0 Å². The Balaban J connectivity index is 1.83. The number of morpholine rings is 1. The number of hydrogen-bond acceptors (Lipinski definition) is 4. The maximum atomic E-state index is 10.9. The van der Waals surface area contributed by atoms with Crippen LogP contribution in [0.2, 0.25) is 0 Å². The summed E-state index contributed by atoms with van der Waals surface area (Å²) in [7, 11) is 0. The Morgan fingerprint density at radius 2 is 2.30 bits per heavy atom. The minimum absolute atomic E-state index is 0.246. The van der Waals surface area contributed by atoms with Gasteiger partial charge in [-0.1, -0.05) is 6.07 Å². The normalized spacial score (nSPS) is 23.5. The smallest absolute Gasteiger partial charge is 0.335 e.